The van der Waals surface area contributed by atoms with Gasteiger partial charge in [-0.15, -0.1) is 0 Å². The van der Waals surface area contributed by atoms with Gasteiger partial charge in [0.25, 0.3) is 0 Å². The lowest BCUT2D eigenvalue weighted by atomic mass is 10.00. The maximum Gasteiger partial charge on any atom is 0.207 e. The van der Waals surface area contributed by atoms with Gasteiger partial charge >= 0.3 is 0 Å². The Labute approximate surface area is 148 Å². The molecule has 0 aromatic heterocycles. The number of ether oxygens (including phenoxy) is 1. The van der Waals surface area contributed by atoms with E-state index in [9.17, 15) is 4.79 Å². The first-order chi connectivity index (χ1) is 11.8. The van der Waals surface area contributed by atoms with E-state index in [2.05, 4.69) is 37.4 Å². The van der Waals surface area contributed by atoms with Crippen LogP contribution in [0.25, 0.3) is 0 Å². The molecule has 0 saturated heterocycles. The van der Waals surface area contributed by atoms with Crippen molar-refractivity contribution < 1.29 is 9.53 Å². The van der Waals surface area contributed by atoms with Crippen molar-refractivity contribution in [3.63, 3.8) is 0 Å². The molecule has 0 unspecified atom stereocenters. The molecule has 24 heavy (non-hydrogen) atoms. The second-order valence-electron chi connectivity index (χ2n) is 6.48. The average Bonchev–Trinajstić information content (AvgIpc) is 2.60. The van der Waals surface area contributed by atoms with Crippen LogP contribution < -0.4 is 10.1 Å². The molecule has 0 fully saturated rings. The van der Waals surface area contributed by atoms with Crippen LogP contribution in [0.1, 0.15) is 76.3 Å². The van der Waals surface area contributed by atoms with Gasteiger partial charge in [-0.05, 0) is 55.7 Å². The van der Waals surface area contributed by atoms with Crippen LogP contribution in [0.15, 0.2) is 18.2 Å². The number of unbranched alkanes of at least 4 members (excludes halogenated alkanes) is 5. The molecule has 0 radical (unpaired) electrons. The van der Waals surface area contributed by atoms with E-state index in [4.69, 9.17) is 4.74 Å². The highest BCUT2D eigenvalue weighted by Gasteiger charge is 2.06. The molecular formula is C21H35NO2. The first-order valence-corrected chi connectivity index (χ1v) is 9.73. The molecule has 0 spiro atoms. The maximum atomic E-state index is 10.2. The molecule has 1 aromatic carbocycles. The third-order valence-corrected chi connectivity index (χ3v) is 4.30. The summed E-state index contributed by atoms with van der Waals surface area (Å²) in [4.78, 5) is 10.2. The van der Waals surface area contributed by atoms with Gasteiger partial charge in [0.15, 0.2) is 0 Å². The molecule has 1 aromatic rings. The predicted octanol–water partition coefficient (Wildman–Crippen LogP) is 5.06. The summed E-state index contributed by atoms with van der Waals surface area (Å²) in [6, 6.07) is 6.74. The predicted molar refractivity (Wildman–Crippen MR) is 102 cm³/mol. The molecule has 1 N–H and O–H groups in total. The van der Waals surface area contributed by atoms with Gasteiger partial charge in [-0.1, -0.05) is 51.7 Å². The van der Waals surface area contributed by atoms with Crippen LogP contribution in [0.5, 0.6) is 5.75 Å². The molecule has 136 valence electrons. The van der Waals surface area contributed by atoms with Crippen LogP contribution in [0.2, 0.25) is 0 Å². The number of amides is 1. The van der Waals surface area contributed by atoms with E-state index < -0.39 is 0 Å². The first kappa shape index (κ1) is 20.5. The highest BCUT2D eigenvalue weighted by atomic mass is 16.5. The van der Waals surface area contributed by atoms with E-state index in [1.165, 1.54) is 56.1 Å². The summed E-state index contributed by atoms with van der Waals surface area (Å²) in [5.74, 6) is 1.05. The number of nitrogens with one attached hydrogen (secondary N) is 1. The number of hydrogen-bond acceptors (Lipinski definition) is 2. The van der Waals surface area contributed by atoms with E-state index in [-0.39, 0.29) is 0 Å². The maximum absolute atomic E-state index is 10.2. The van der Waals surface area contributed by atoms with Crippen LogP contribution in [0, 0.1) is 0 Å². The zero-order valence-corrected chi connectivity index (χ0v) is 15.6. The van der Waals surface area contributed by atoms with E-state index in [1.807, 2.05) is 0 Å². The minimum absolute atomic E-state index is 0.719. The Bertz CT molecular complexity index is 445. The fourth-order valence-electron chi connectivity index (χ4n) is 2.84. The van der Waals surface area contributed by atoms with Crippen molar-refractivity contribution in [3.05, 3.63) is 29.3 Å². The SMILES string of the molecule is CCCCCc1ccc(OCCCCNC=O)c(CCCCC)c1. The molecule has 3 nitrogen and oxygen atoms in total. The lowest BCUT2D eigenvalue weighted by molar-refractivity contribution is -0.109. The summed E-state index contributed by atoms with van der Waals surface area (Å²) >= 11 is 0. The first-order valence-electron chi connectivity index (χ1n) is 9.73. The Morgan fingerprint density at radius 3 is 2.42 bits per heavy atom. The van der Waals surface area contributed by atoms with Gasteiger partial charge in [-0.2, -0.15) is 0 Å². The van der Waals surface area contributed by atoms with Gasteiger partial charge in [-0.25, -0.2) is 0 Å². The van der Waals surface area contributed by atoms with Crippen molar-refractivity contribution in [1.82, 2.24) is 5.32 Å². The van der Waals surface area contributed by atoms with E-state index in [0.717, 1.165) is 44.6 Å². The van der Waals surface area contributed by atoms with Crippen LogP contribution in [-0.4, -0.2) is 19.6 Å². The number of rotatable bonds is 15. The molecule has 0 saturated carbocycles. The Hall–Kier alpha value is -1.51. The molecule has 0 bridgehead atoms. The largest absolute Gasteiger partial charge is 0.493 e. The fourth-order valence-corrected chi connectivity index (χ4v) is 2.84. The van der Waals surface area contributed by atoms with Crippen molar-refractivity contribution >= 4 is 6.41 Å². The number of benzene rings is 1. The highest BCUT2D eigenvalue weighted by Crippen LogP contribution is 2.24. The topological polar surface area (TPSA) is 38.3 Å². The van der Waals surface area contributed by atoms with E-state index in [0.29, 0.717) is 0 Å². The molecule has 0 heterocycles. The van der Waals surface area contributed by atoms with Gasteiger partial charge in [-0.3, -0.25) is 4.79 Å². The Balaban J connectivity index is 2.54. The van der Waals surface area contributed by atoms with Crippen molar-refractivity contribution in [2.24, 2.45) is 0 Å². The van der Waals surface area contributed by atoms with Crippen molar-refractivity contribution in [2.45, 2.75) is 78.1 Å². The summed E-state index contributed by atoms with van der Waals surface area (Å²) in [5, 5.41) is 2.69. The second-order valence-corrected chi connectivity index (χ2v) is 6.48. The molecule has 1 amide bonds. The lowest BCUT2D eigenvalue weighted by Gasteiger charge is -2.13. The quantitative estimate of drug-likeness (QED) is 0.360. The Morgan fingerprint density at radius 2 is 1.71 bits per heavy atom. The number of aryl methyl sites for hydroxylation is 2. The molecule has 0 aliphatic carbocycles. The number of hydrogen-bond donors (Lipinski definition) is 1. The normalized spacial score (nSPS) is 10.6. The van der Waals surface area contributed by atoms with E-state index in [1.54, 1.807) is 0 Å². The summed E-state index contributed by atoms with van der Waals surface area (Å²) in [6.07, 6.45) is 12.6. The Morgan fingerprint density at radius 1 is 0.958 bits per heavy atom. The summed E-state index contributed by atoms with van der Waals surface area (Å²) in [5.41, 5.74) is 2.81. The smallest absolute Gasteiger partial charge is 0.207 e. The Kier molecular flexibility index (Phi) is 11.9. The standard InChI is InChI=1S/C21H35NO2/c1-3-5-7-11-19-13-14-21(20(17-19)12-8-6-4-2)24-16-10-9-15-22-18-23/h13-14,17-18H,3-12,15-16H2,1-2H3,(H,22,23). The van der Waals surface area contributed by atoms with Crippen molar-refractivity contribution in [3.8, 4) is 5.75 Å². The van der Waals surface area contributed by atoms with Gasteiger partial charge in [0.05, 0.1) is 6.61 Å². The monoisotopic (exact) mass is 333 g/mol. The van der Waals surface area contributed by atoms with Crippen molar-refractivity contribution in [2.75, 3.05) is 13.2 Å². The fraction of sp³-hybridized carbons (Fsp3) is 0.667. The average molecular weight is 334 g/mol. The molecule has 3 heteroatoms. The van der Waals surface area contributed by atoms with Gasteiger partial charge in [0.2, 0.25) is 6.41 Å². The third-order valence-electron chi connectivity index (χ3n) is 4.30. The molecule has 0 aliphatic heterocycles. The minimum Gasteiger partial charge on any atom is -0.493 e. The van der Waals surface area contributed by atoms with Crippen LogP contribution >= 0.6 is 0 Å². The van der Waals surface area contributed by atoms with Gasteiger partial charge in [0.1, 0.15) is 5.75 Å². The lowest BCUT2D eigenvalue weighted by Crippen LogP contribution is -2.13. The number of carbonyl (C=O) groups is 1. The van der Waals surface area contributed by atoms with Crippen LogP contribution in [0.4, 0.5) is 0 Å². The number of carbonyl (C=O) groups excluding carboxylic acids is 1. The van der Waals surface area contributed by atoms with E-state index >= 15 is 0 Å². The van der Waals surface area contributed by atoms with Gasteiger partial charge < -0.3 is 10.1 Å². The minimum atomic E-state index is 0.719. The van der Waals surface area contributed by atoms with Gasteiger partial charge in [0, 0.05) is 6.54 Å². The second kappa shape index (κ2) is 13.9. The summed E-state index contributed by atoms with van der Waals surface area (Å²) in [7, 11) is 0. The molecular weight excluding hydrogens is 298 g/mol. The zero-order valence-electron chi connectivity index (χ0n) is 15.6. The molecule has 1 rings (SSSR count). The summed E-state index contributed by atoms with van der Waals surface area (Å²) in [6.45, 7) is 5.94. The van der Waals surface area contributed by atoms with Crippen LogP contribution in [0.3, 0.4) is 0 Å². The third kappa shape index (κ3) is 8.95. The molecule has 0 aliphatic rings. The zero-order chi connectivity index (χ0) is 17.5. The summed E-state index contributed by atoms with van der Waals surface area (Å²) < 4.78 is 6.01. The highest BCUT2D eigenvalue weighted by molar-refractivity contribution is 5.45. The van der Waals surface area contributed by atoms with Crippen molar-refractivity contribution in [1.29, 1.82) is 0 Å². The van der Waals surface area contributed by atoms with Crippen LogP contribution in [-0.2, 0) is 17.6 Å². The molecule has 0 atom stereocenters.